The molecule has 2 heterocycles. The standard InChI is InChI=1S/C21H32ClN3OSSi/c1-21(2,3)28(4,5)26-18-12-11-15(14-16(18)22)8-6-10-19-24-25-20(27-19)17-9-7-13-23-17/h11-12,14,17,23H,6-10,13H2,1-5H3. The molecule has 154 valence electrons. The Balaban J connectivity index is 1.53. The van der Waals surface area contributed by atoms with Crippen LogP contribution in [0.25, 0.3) is 0 Å². The zero-order valence-corrected chi connectivity index (χ0v) is 20.2. The molecule has 0 amide bonds. The van der Waals surface area contributed by atoms with Crippen LogP contribution in [0.4, 0.5) is 0 Å². The van der Waals surface area contributed by atoms with E-state index in [1.54, 1.807) is 11.3 Å². The van der Waals surface area contributed by atoms with E-state index in [1.165, 1.54) is 18.4 Å². The van der Waals surface area contributed by atoms with Gasteiger partial charge in [-0.3, -0.25) is 0 Å². The third-order valence-electron chi connectivity index (χ3n) is 5.86. The quantitative estimate of drug-likeness (QED) is 0.525. The van der Waals surface area contributed by atoms with Gasteiger partial charge < -0.3 is 9.74 Å². The Morgan fingerprint density at radius 1 is 1.25 bits per heavy atom. The van der Waals surface area contributed by atoms with Crippen molar-refractivity contribution in [3.63, 3.8) is 0 Å². The van der Waals surface area contributed by atoms with Crippen LogP contribution < -0.4 is 9.74 Å². The number of halogens is 1. The molecule has 28 heavy (non-hydrogen) atoms. The SMILES string of the molecule is CC(C)(C)[Si](C)(C)Oc1ccc(CCCc2nnc(C3CCCN3)s2)cc1Cl. The minimum atomic E-state index is -1.88. The first kappa shape index (κ1) is 21.7. The molecule has 1 unspecified atom stereocenters. The molecule has 1 aromatic carbocycles. The second-order valence-electron chi connectivity index (χ2n) is 9.16. The molecule has 1 N–H and O–H groups in total. The van der Waals surface area contributed by atoms with E-state index in [1.807, 2.05) is 6.07 Å². The van der Waals surface area contributed by atoms with Crippen LogP contribution in [-0.2, 0) is 12.8 Å². The number of aromatic nitrogens is 2. The number of benzene rings is 1. The van der Waals surface area contributed by atoms with Gasteiger partial charge in [0.1, 0.15) is 15.8 Å². The first-order valence-corrected chi connectivity index (χ1v) is 14.3. The molecule has 1 saturated heterocycles. The zero-order valence-electron chi connectivity index (χ0n) is 17.6. The first-order valence-electron chi connectivity index (χ1n) is 10.2. The van der Waals surface area contributed by atoms with E-state index in [9.17, 15) is 0 Å². The van der Waals surface area contributed by atoms with Crippen LogP contribution >= 0.6 is 22.9 Å². The van der Waals surface area contributed by atoms with E-state index in [-0.39, 0.29) is 5.04 Å². The Bertz CT molecular complexity index is 797. The van der Waals surface area contributed by atoms with Gasteiger partial charge >= 0.3 is 0 Å². The first-order chi connectivity index (χ1) is 13.2. The van der Waals surface area contributed by atoms with Crippen LogP contribution in [0, 0.1) is 0 Å². The average Bonchev–Trinajstić information content (AvgIpc) is 3.27. The highest BCUT2D eigenvalue weighted by Gasteiger charge is 2.39. The molecule has 1 aliphatic heterocycles. The van der Waals surface area contributed by atoms with Crippen LogP contribution in [0.15, 0.2) is 18.2 Å². The summed E-state index contributed by atoms with van der Waals surface area (Å²) >= 11 is 8.28. The van der Waals surface area contributed by atoms with Gasteiger partial charge in [-0.15, -0.1) is 10.2 Å². The third kappa shape index (κ3) is 5.35. The van der Waals surface area contributed by atoms with Gasteiger partial charge in [0.15, 0.2) is 0 Å². The minimum Gasteiger partial charge on any atom is -0.543 e. The number of rotatable bonds is 7. The Morgan fingerprint density at radius 2 is 2.04 bits per heavy atom. The fourth-order valence-corrected chi connectivity index (χ4v) is 5.39. The molecule has 0 radical (unpaired) electrons. The Hall–Kier alpha value is -0.953. The molecule has 1 aromatic heterocycles. The Labute approximate surface area is 179 Å². The smallest absolute Gasteiger partial charge is 0.250 e. The van der Waals surface area contributed by atoms with Gasteiger partial charge in [0.05, 0.1) is 11.1 Å². The van der Waals surface area contributed by atoms with Crippen molar-refractivity contribution in [1.82, 2.24) is 15.5 Å². The van der Waals surface area contributed by atoms with Gasteiger partial charge in [0.2, 0.25) is 0 Å². The van der Waals surface area contributed by atoms with Gasteiger partial charge in [0, 0.05) is 6.42 Å². The number of hydrogen-bond donors (Lipinski definition) is 1. The maximum Gasteiger partial charge on any atom is 0.250 e. The van der Waals surface area contributed by atoms with E-state index in [0.717, 1.165) is 41.6 Å². The van der Waals surface area contributed by atoms with Crippen molar-refractivity contribution >= 4 is 31.3 Å². The molecular weight excluding hydrogens is 406 g/mol. The van der Waals surface area contributed by atoms with E-state index in [4.69, 9.17) is 16.0 Å². The van der Waals surface area contributed by atoms with Crippen LogP contribution in [-0.4, -0.2) is 25.1 Å². The fourth-order valence-electron chi connectivity index (χ4n) is 3.06. The van der Waals surface area contributed by atoms with Crippen molar-refractivity contribution in [3.05, 3.63) is 38.8 Å². The van der Waals surface area contributed by atoms with Crippen LogP contribution in [0.5, 0.6) is 5.75 Å². The summed E-state index contributed by atoms with van der Waals surface area (Å²) in [6, 6.07) is 6.64. The van der Waals surface area contributed by atoms with Gasteiger partial charge in [-0.05, 0) is 68.1 Å². The Morgan fingerprint density at radius 3 is 2.68 bits per heavy atom. The maximum atomic E-state index is 6.53. The number of aryl methyl sites for hydroxylation is 2. The van der Waals surface area contributed by atoms with Crippen LogP contribution in [0.2, 0.25) is 23.2 Å². The number of nitrogens with one attached hydrogen (secondary N) is 1. The molecule has 0 saturated carbocycles. The zero-order chi connectivity index (χ0) is 20.4. The normalized spacial score (nSPS) is 17.9. The summed E-state index contributed by atoms with van der Waals surface area (Å²) in [5, 5.41) is 15.4. The van der Waals surface area contributed by atoms with Crippen molar-refractivity contribution in [1.29, 1.82) is 0 Å². The lowest BCUT2D eigenvalue weighted by atomic mass is 10.1. The molecule has 1 aliphatic rings. The second kappa shape index (κ2) is 8.82. The molecule has 3 rings (SSSR count). The van der Waals surface area contributed by atoms with E-state index in [2.05, 4.69) is 61.5 Å². The number of hydrogen-bond acceptors (Lipinski definition) is 5. The van der Waals surface area contributed by atoms with Crippen molar-refractivity contribution in [3.8, 4) is 5.75 Å². The van der Waals surface area contributed by atoms with E-state index < -0.39 is 8.32 Å². The average molecular weight is 438 g/mol. The summed E-state index contributed by atoms with van der Waals surface area (Å²) < 4.78 is 6.36. The fraction of sp³-hybridized carbons (Fsp3) is 0.619. The van der Waals surface area contributed by atoms with Crippen molar-refractivity contribution in [2.45, 2.75) is 77.0 Å². The molecule has 0 aliphatic carbocycles. The second-order valence-corrected chi connectivity index (χ2v) is 15.4. The monoisotopic (exact) mass is 437 g/mol. The summed E-state index contributed by atoms with van der Waals surface area (Å²) in [7, 11) is -1.88. The van der Waals surface area contributed by atoms with Crippen molar-refractivity contribution < 1.29 is 4.43 Å². The lowest BCUT2D eigenvalue weighted by Crippen LogP contribution is -2.43. The van der Waals surface area contributed by atoms with Crippen LogP contribution in [0.1, 0.15) is 61.7 Å². The molecule has 1 fully saturated rings. The lowest BCUT2D eigenvalue weighted by molar-refractivity contribution is 0.492. The maximum absolute atomic E-state index is 6.53. The molecule has 7 heteroatoms. The van der Waals surface area contributed by atoms with Gasteiger partial charge in [-0.1, -0.05) is 49.8 Å². The van der Waals surface area contributed by atoms with Gasteiger partial charge in [-0.25, -0.2) is 0 Å². The van der Waals surface area contributed by atoms with Crippen LogP contribution in [0.3, 0.4) is 0 Å². The molecule has 0 spiro atoms. The van der Waals surface area contributed by atoms with E-state index in [0.29, 0.717) is 11.1 Å². The van der Waals surface area contributed by atoms with Gasteiger partial charge in [-0.2, -0.15) is 0 Å². The highest BCUT2D eigenvalue weighted by molar-refractivity contribution is 7.11. The minimum absolute atomic E-state index is 0.156. The van der Waals surface area contributed by atoms with E-state index >= 15 is 0 Å². The molecular formula is C21H32ClN3OSSi. The lowest BCUT2D eigenvalue weighted by Gasteiger charge is -2.36. The largest absolute Gasteiger partial charge is 0.543 e. The summed E-state index contributed by atoms with van der Waals surface area (Å²) in [5.74, 6) is 0.815. The topological polar surface area (TPSA) is 47.0 Å². The number of nitrogens with zero attached hydrogens (tertiary/aromatic N) is 2. The summed E-state index contributed by atoms with van der Waals surface area (Å²) in [5.41, 5.74) is 1.25. The molecule has 4 nitrogen and oxygen atoms in total. The predicted molar refractivity (Wildman–Crippen MR) is 121 cm³/mol. The molecule has 1 atom stereocenters. The molecule has 2 aromatic rings. The Kier molecular flexibility index (Phi) is 6.85. The summed E-state index contributed by atoms with van der Waals surface area (Å²) in [6.07, 6.45) is 5.40. The summed E-state index contributed by atoms with van der Waals surface area (Å²) in [4.78, 5) is 0. The molecule has 0 bridgehead atoms. The summed E-state index contributed by atoms with van der Waals surface area (Å²) in [6.45, 7) is 12.3. The highest BCUT2D eigenvalue weighted by atomic mass is 35.5. The predicted octanol–water partition coefficient (Wildman–Crippen LogP) is 6.18. The van der Waals surface area contributed by atoms with Gasteiger partial charge in [0.25, 0.3) is 8.32 Å². The highest BCUT2D eigenvalue weighted by Crippen LogP contribution is 2.39. The van der Waals surface area contributed by atoms with Crippen molar-refractivity contribution in [2.24, 2.45) is 0 Å². The third-order valence-corrected chi connectivity index (χ3v) is 11.6. The van der Waals surface area contributed by atoms with Crippen molar-refractivity contribution in [2.75, 3.05) is 6.54 Å².